The highest BCUT2D eigenvalue weighted by molar-refractivity contribution is 6.30. The van der Waals surface area contributed by atoms with E-state index in [2.05, 4.69) is 16.9 Å². The third kappa shape index (κ3) is 3.97. The zero-order valence-corrected chi connectivity index (χ0v) is 13.9. The first kappa shape index (κ1) is 16.1. The minimum Gasteiger partial charge on any atom is -0.464 e. The smallest absolute Gasteiger partial charge is 0.132 e. The first-order valence-electron chi connectivity index (χ1n) is 7.57. The van der Waals surface area contributed by atoms with Gasteiger partial charge in [-0.15, -0.1) is 0 Å². The zero-order valence-electron chi connectivity index (χ0n) is 13.1. The zero-order chi connectivity index (χ0) is 16.9. The lowest BCUT2D eigenvalue weighted by Gasteiger charge is -2.09. The molecule has 0 aliphatic heterocycles. The highest BCUT2D eigenvalue weighted by Gasteiger charge is 2.07. The van der Waals surface area contributed by atoms with E-state index in [1.54, 1.807) is 6.20 Å². The SMILES string of the molecule is C=C(NCc1ccc(Cc2cccc(Cl)c2)o1)c1cccnc1N. The molecule has 1 aromatic carbocycles. The molecule has 3 rings (SSSR count). The van der Waals surface area contributed by atoms with Crippen LogP contribution in [-0.2, 0) is 13.0 Å². The maximum absolute atomic E-state index is 6.01. The number of hydrogen-bond donors (Lipinski definition) is 2. The molecule has 5 heteroatoms. The van der Waals surface area contributed by atoms with Crippen LogP contribution in [0.2, 0.25) is 5.02 Å². The van der Waals surface area contributed by atoms with Crippen molar-refractivity contribution in [3.8, 4) is 0 Å². The number of pyridine rings is 1. The van der Waals surface area contributed by atoms with E-state index in [-0.39, 0.29) is 0 Å². The van der Waals surface area contributed by atoms with Gasteiger partial charge in [0, 0.05) is 28.9 Å². The van der Waals surface area contributed by atoms with E-state index in [1.165, 1.54) is 0 Å². The summed E-state index contributed by atoms with van der Waals surface area (Å²) in [5, 5.41) is 3.94. The van der Waals surface area contributed by atoms with Crippen LogP contribution in [0.15, 0.2) is 65.7 Å². The molecular weight excluding hydrogens is 322 g/mol. The Morgan fingerprint density at radius 1 is 1.17 bits per heavy atom. The van der Waals surface area contributed by atoms with Crippen molar-refractivity contribution >= 4 is 23.1 Å². The summed E-state index contributed by atoms with van der Waals surface area (Å²) >= 11 is 6.01. The number of hydrogen-bond acceptors (Lipinski definition) is 4. The van der Waals surface area contributed by atoms with Crippen molar-refractivity contribution in [3.05, 3.63) is 89.0 Å². The Morgan fingerprint density at radius 2 is 2.00 bits per heavy atom. The molecule has 0 saturated heterocycles. The summed E-state index contributed by atoms with van der Waals surface area (Å²) in [5.74, 6) is 2.17. The third-order valence-corrected chi connectivity index (χ3v) is 3.86. The number of nitrogens with zero attached hydrogens (tertiary/aromatic N) is 1. The van der Waals surface area contributed by atoms with Crippen molar-refractivity contribution in [2.45, 2.75) is 13.0 Å². The third-order valence-electron chi connectivity index (χ3n) is 3.62. The quantitative estimate of drug-likeness (QED) is 0.704. The van der Waals surface area contributed by atoms with Crippen LogP contribution in [0, 0.1) is 0 Å². The standard InChI is InChI=1S/C19H18ClN3O/c1-13(18-6-3-9-22-19(18)21)23-12-17-8-7-16(24-17)11-14-4-2-5-15(20)10-14/h2-10,23H,1,11-12H2,(H2,21,22). The molecular formula is C19H18ClN3O. The minimum atomic E-state index is 0.455. The van der Waals surface area contributed by atoms with Crippen LogP contribution in [0.25, 0.3) is 5.70 Å². The van der Waals surface area contributed by atoms with Crippen molar-refractivity contribution in [1.82, 2.24) is 10.3 Å². The lowest BCUT2D eigenvalue weighted by molar-refractivity contribution is 0.467. The highest BCUT2D eigenvalue weighted by Crippen LogP contribution is 2.18. The first-order chi connectivity index (χ1) is 11.6. The maximum Gasteiger partial charge on any atom is 0.132 e. The van der Waals surface area contributed by atoms with Crippen LogP contribution in [0.5, 0.6) is 0 Å². The molecule has 3 N–H and O–H groups in total. The lowest BCUT2D eigenvalue weighted by Crippen LogP contribution is -2.12. The van der Waals surface area contributed by atoms with Gasteiger partial charge in [0.05, 0.1) is 6.54 Å². The van der Waals surface area contributed by atoms with Crippen molar-refractivity contribution in [1.29, 1.82) is 0 Å². The van der Waals surface area contributed by atoms with E-state index in [1.807, 2.05) is 48.5 Å². The highest BCUT2D eigenvalue weighted by atomic mass is 35.5. The van der Waals surface area contributed by atoms with Gasteiger partial charge in [-0.25, -0.2) is 4.98 Å². The number of nitrogen functional groups attached to an aromatic ring is 1. The number of nitrogens with one attached hydrogen (secondary N) is 1. The molecule has 0 spiro atoms. The molecule has 2 aromatic heterocycles. The molecule has 0 fully saturated rings. The second kappa shape index (κ2) is 7.23. The number of halogens is 1. The average molecular weight is 340 g/mol. The van der Waals surface area contributed by atoms with Crippen LogP contribution >= 0.6 is 11.6 Å². The molecule has 4 nitrogen and oxygen atoms in total. The molecule has 3 aromatic rings. The molecule has 122 valence electrons. The number of furan rings is 1. The Kier molecular flexibility index (Phi) is 4.87. The fourth-order valence-corrected chi connectivity index (χ4v) is 2.64. The number of anilines is 1. The molecule has 0 bridgehead atoms. The largest absolute Gasteiger partial charge is 0.464 e. The number of rotatable bonds is 6. The number of benzene rings is 1. The summed E-state index contributed by atoms with van der Waals surface area (Å²) in [6.07, 6.45) is 2.36. The Labute approximate surface area is 146 Å². The maximum atomic E-state index is 6.01. The van der Waals surface area contributed by atoms with E-state index < -0.39 is 0 Å². The Hall–Kier alpha value is -2.72. The molecule has 0 atom stereocenters. The fraction of sp³-hybridized carbons (Fsp3) is 0.105. The van der Waals surface area contributed by atoms with Gasteiger partial charge < -0.3 is 15.5 Å². The van der Waals surface area contributed by atoms with Crippen molar-refractivity contribution in [3.63, 3.8) is 0 Å². The van der Waals surface area contributed by atoms with E-state index in [9.17, 15) is 0 Å². The van der Waals surface area contributed by atoms with Gasteiger partial charge in [0.25, 0.3) is 0 Å². The van der Waals surface area contributed by atoms with Crippen LogP contribution in [0.3, 0.4) is 0 Å². The Bertz CT molecular complexity index is 857. The lowest BCUT2D eigenvalue weighted by atomic mass is 10.1. The molecule has 0 saturated carbocycles. The van der Waals surface area contributed by atoms with Gasteiger partial charge in [0.2, 0.25) is 0 Å². The van der Waals surface area contributed by atoms with Crippen LogP contribution in [0.1, 0.15) is 22.6 Å². The van der Waals surface area contributed by atoms with Crippen LogP contribution < -0.4 is 11.1 Å². The van der Waals surface area contributed by atoms with Gasteiger partial charge >= 0.3 is 0 Å². The molecule has 0 amide bonds. The van der Waals surface area contributed by atoms with E-state index in [4.69, 9.17) is 21.8 Å². The van der Waals surface area contributed by atoms with Crippen LogP contribution in [-0.4, -0.2) is 4.98 Å². The molecule has 0 aliphatic rings. The molecule has 0 unspecified atom stereocenters. The molecule has 0 aliphatic carbocycles. The topological polar surface area (TPSA) is 64.1 Å². The summed E-state index contributed by atoms with van der Waals surface area (Å²) in [4.78, 5) is 4.06. The van der Waals surface area contributed by atoms with Crippen molar-refractivity contribution < 1.29 is 4.42 Å². The van der Waals surface area contributed by atoms with E-state index >= 15 is 0 Å². The van der Waals surface area contributed by atoms with Crippen LogP contribution in [0.4, 0.5) is 5.82 Å². The normalized spacial score (nSPS) is 10.5. The summed E-state index contributed by atoms with van der Waals surface area (Å²) < 4.78 is 5.85. The monoisotopic (exact) mass is 339 g/mol. The van der Waals surface area contributed by atoms with E-state index in [0.29, 0.717) is 24.5 Å². The fourth-order valence-electron chi connectivity index (χ4n) is 2.42. The van der Waals surface area contributed by atoms with Gasteiger partial charge in [0.1, 0.15) is 17.3 Å². The van der Waals surface area contributed by atoms with Gasteiger partial charge in [-0.2, -0.15) is 0 Å². The molecule has 2 heterocycles. The number of aromatic nitrogens is 1. The summed E-state index contributed by atoms with van der Waals surface area (Å²) in [7, 11) is 0. The summed E-state index contributed by atoms with van der Waals surface area (Å²) in [6.45, 7) is 4.53. The predicted octanol–water partition coefficient (Wildman–Crippen LogP) is 4.26. The van der Waals surface area contributed by atoms with Gasteiger partial charge in [0.15, 0.2) is 0 Å². The first-order valence-corrected chi connectivity index (χ1v) is 7.95. The van der Waals surface area contributed by atoms with Gasteiger partial charge in [-0.3, -0.25) is 0 Å². The Morgan fingerprint density at radius 3 is 2.79 bits per heavy atom. The Balaban J connectivity index is 1.60. The molecule has 24 heavy (non-hydrogen) atoms. The van der Waals surface area contributed by atoms with Crippen molar-refractivity contribution in [2.75, 3.05) is 5.73 Å². The van der Waals surface area contributed by atoms with Gasteiger partial charge in [-0.05, 0) is 42.0 Å². The van der Waals surface area contributed by atoms with Gasteiger partial charge in [-0.1, -0.05) is 30.3 Å². The predicted molar refractivity (Wildman–Crippen MR) is 97.5 cm³/mol. The molecule has 0 radical (unpaired) electrons. The summed E-state index contributed by atoms with van der Waals surface area (Å²) in [6, 6.07) is 15.4. The van der Waals surface area contributed by atoms with E-state index in [0.717, 1.165) is 27.7 Å². The average Bonchev–Trinajstić information content (AvgIpc) is 3.00. The minimum absolute atomic E-state index is 0.455. The number of nitrogens with two attached hydrogens (primary N) is 1. The second-order valence-electron chi connectivity index (χ2n) is 5.44. The second-order valence-corrected chi connectivity index (χ2v) is 5.88. The van der Waals surface area contributed by atoms with Crippen molar-refractivity contribution in [2.24, 2.45) is 0 Å². The summed E-state index contributed by atoms with van der Waals surface area (Å²) in [5.41, 5.74) is 8.47.